The Morgan fingerprint density at radius 1 is 1.29 bits per heavy atom. The Morgan fingerprint density at radius 3 is 2.79 bits per heavy atom. The van der Waals surface area contributed by atoms with Gasteiger partial charge in [0.25, 0.3) is 0 Å². The minimum absolute atomic E-state index is 0.362. The molecule has 0 aliphatic carbocycles. The summed E-state index contributed by atoms with van der Waals surface area (Å²) in [5, 5.41) is 34.6. The van der Waals surface area contributed by atoms with Gasteiger partial charge in [0, 0.05) is 17.1 Å². The van der Waals surface area contributed by atoms with E-state index in [0.717, 1.165) is 22.2 Å². The van der Waals surface area contributed by atoms with Gasteiger partial charge in [-0.3, -0.25) is 0 Å². The number of aromatic nitrogens is 3. The third-order valence-corrected chi connectivity index (χ3v) is 5.11. The predicted octanol–water partition coefficient (Wildman–Crippen LogP) is 1.08. The number of hydrogen-bond donors (Lipinski definition) is 3. The van der Waals surface area contributed by atoms with Gasteiger partial charge in [0.15, 0.2) is 6.23 Å². The summed E-state index contributed by atoms with van der Waals surface area (Å²) in [6.07, 6.45) is -0.619. The van der Waals surface area contributed by atoms with Crippen molar-refractivity contribution in [1.29, 1.82) is 0 Å². The van der Waals surface area contributed by atoms with E-state index in [4.69, 9.17) is 4.74 Å². The molecule has 126 valence electrons. The minimum atomic E-state index is -1.15. The van der Waals surface area contributed by atoms with Crippen LogP contribution in [0, 0.1) is 6.92 Å². The molecule has 1 aliphatic heterocycles. The van der Waals surface area contributed by atoms with Crippen molar-refractivity contribution >= 4 is 22.4 Å². The second kappa shape index (κ2) is 5.91. The molecule has 1 aliphatic rings. The maximum absolute atomic E-state index is 10.3. The van der Waals surface area contributed by atoms with Gasteiger partial charge in [-0.2, -0.15) is 11.3 Å². The molecule has 0 aromatic carbocycles. The lowest BCUT2D eigenvalue weighted by Gasteiger charge is -2.17. The van der Waals surface area contributed by atoms with Crippen LogP contribution in [0.15, 0.2) is 29.4 Å². The van der Waals surface area contributed by atoms with Crippen molar-refractivity contribution in [1.82, 2.24) is 14.5 Å². The lowest BCUT2D eigenvalue weighted by atomic mass is 10.1. The van der Waals surface area contributed by atoms with Crippen molar-refractivity contribution < 1.29 is 20.1 Å². The maximum Gasteiger partial charge on any atom is 0.164 e. The Bertz CT molecular complexity index is 864. The molecule has 0 unspecified atom stereocenters. The Morgan fingerprint density at radius 2 is 2.12 bits per heavy atom. The molecule has 1 saturated heterocycles. The van der Waals surface area contributed by atoms with Gasteiger partial charge in [0.2, 0.25) is 0 Å². The van der Waals surface area contributed by atoms with Crippen LogP contribution in [-0.4, -0.2) is 54.8 Å². The summed E-state index contributed by atoms with van der Waals surface area (Å²) in [6, 6.07) is 2.01. The van der Waals surface area contributed by atoms with Gasteiger partial charge < -0.3 is 24.6 Å². The van der Waals surface area contributed by atoms with Crippen molar-refractivity contribution in [2.75, 3.05) is 6.61 Å². The van der Waals surface area contributed by atoms with Gasteiger partial charge in [-0.05, 0) is 29.3 Å². The maximum atomic E-state index is 10.3. The molecule has 0 radical (unpaired) electrons. The van der Waals surface area contributed by atoms with Gasteiger partial charge in [0.05, 0.1) is 12.3 Å². The molecular weight excluding hydrogens is 330 g/mol. The molecular formula is C16H17N3O4S. The number of fused-ring (bicyclic) bond motifs is 1. The monoisotopic (exact) mass is 347 g/mol. The molecule has 8 heteroatoms. The Labute approximate surface area is 141 Å². The Balaban J connectivity index is 1.90. The van der Waals surface area contributed by atoms with Gasteiger partial charge in [-0.15, -0.1) is 0 Å². The summed E-state index contributed by atoms with van der Waals surface area (Å²) in [7, 11) is 0. The van der Waals surface area contributed by atoms with E-state index in [2.05, 4.69) is 9.97 Å². The van der Waals surface area contributed by atoms with Crippen LogP contribution in [-0.2, 0) is 4.74 Å². The first-order chi connectivity index (χ1) is 11.6. The van der Waals surface area contributed by atoms with Crippen LogP contribution in [0.3, 0.4) is 0 Å². The summed E-state index contributed by atoms with van der Waals surface area (Å²) in [6.45, 7) is 1.54. The Hall–Kier alpha value is -1.84. The number of nitrogens with zero attached hydrogens (tertiary/aromatic N) is 3. The standard InChI is InChI=1S/C16H17N3O4S/c1-8-12-10(9-2-3-24-6-9)4-19(15(12)18-7-17-8)16-14(22)13(21)11(5-20)23-16/h2-4,6-7,11,13-14,16,20-22H,5H2,1H3/t11-,13-,14-,16-/m1/s1. The molecule has 24 heavy (non-hydrogen) atoms. The summed E-state index contributed by atoms with van der Waals surface area (Å²) >= 11 is 1.59. The fourth-order valence-corrected chi connectivity index (χ4v) is 3.83. The van der Waals surface area contributed by atoms with Crippen molar-refractivity contribution in [2.24, 2.45) is 0 Å². The number of hydrogen-bond acceptors (Lipinski definition) is 7. The summed E-state index contributed by atoms with van der Waals surface area (Å²) in [4.78, 5) is 8.62. The summed E-state index contributed by atoms with van der Waals surface area (Å²) < 4.78 is 7.36. The molecule has 3 aromatic heterocycles. The van der Waals surface area contributed by atoms with Crippen LogP contribution in [0.5, 0.6) is 0 Å². The van der Waals surface area contributed by atoms with E-state index < -0.39 is 24.5 Å². The normalized spacial score (nSPS) is 27.2. The second-order valence-corrected chi connectivity index (χ2v) is 6.63. The smallest absolute Gasteiger partial charge is 0.164 e. The molecule has 0 bridgehead atoms. The first kappa shape index (κ1) is 15.7. The molecule has 4 atom stereocenters. The van der Waals surface area contributed by atoms with Crippen LogP contribution in [0.25, 0.3) is 22.2 Å². The van der Waals surface area contributed by atoms with E-state index in [1.807, 2.05) is 29.9 Å². The van der Waals surface area contributed by atoms with E-state index in [1.54, 1.807) is 15.9 Å². The topological polar surface area (TPSA) is 101 Å². The molecule has 0 saturated carbocycles. The van der Waals surface area contributed by atoms with E-state index >= 15 is 0 Å². The highest BCUT2D eigenvalue weighted by atomic mass is 32.1. The molecule has 0 spiro atoms. The molecule has 3 N–H and O–H groups in total. The van der Waals surface area contributed by atoms with Crippen LogP contribution >= 0.6 is 11.3 Å². The van der Waals surface area contributed by atoms with Crippen LogP contribution in [0.1, 0.15) is 11.9 Å². The summed E-state index contributed by atoms with van der Waals surface area (Å²) in [5.41, 5.74) is 3.43. The van der Waals surface area contributed by atoms with Crippen LogP contribution < -0.4 is 0 Å². The fourth-order valence-electron chi connectivity index (χ4n) is 3.18. The average Bonchev–Trinajstić information content (AvgIpc) is 3.28. The number of rotatable bonds is 3. The fraction of sp³-hybridized carbons (Fsp3) is 0.375. The highest BCUT2D eigenvalue weighted by Gasteiger charge is 2.44. The number of aryl methyl sites for hydroxylation is 1. The first-order valence-electron chi connectivity index (χ1n) is 7.59. The first-order valence-corrected chi connectivity index (χ1v) is 8.53. The third-order valence-electron chi connectivity index (χ3n) is 4.42. The lowest BCUT2D eigenvalue weighted by Crippen LogP contribution is -2.33. The van der Waals surface area contributed by atoms with Gasteiger partial charge in [-0.25, -0.2) is 9.97 Å². The molecule has 7 nitrogen and oxygen atoms in total. The largest absolute Gasteiger partial charge is 0.394 e. The SMILES string of the molecule is Cc1ncnc2c1c(-c1ccsc1)cn2[C@@H]1O[C@H](CO)[C@@H](O)[C@H]1O. The zero-order valence-electron chi connectivity index (χ0n) is 12.9. The van der Waals surface area contributed by atoms with Crippen LogP contribution in [0.4, 0.5) is 0 Å². The van der Waals surface area contributed by atoms with E-state index in [9.17, 15) is 15.3 Å². The molecule has 3 aromatic rings. The van der Waals surface area contributed by atoms with E-state index in [1.165, 1.54) is 6.33 Å². The highest BCUT2D eigenvalue weighted by molar-refractivity contribution is 7.08. The highest BCUT2D eigenvalue weighted by Crippen LogP contribution is 2.37. The molecule has 0 amide bonds. The third kappa shape index (κ3) is 2.27. The van der Waals surface area contributed by atoms with Crippen molar-refractivity contribution in [3.63, 3.8) is 0 Å². The average molecular weight is 347 g/mol. The van der Waals surface area contributed by atoms with Crippen molar-refractivity contribution in [3.8, 4) is 11.1 Å². The zero-order chi connectivity index (χ0) is 16.8. The van der Waals surface area contributed by atoms with Crippen LogP contribution in [0.2, 0.25) is 0 Å². The predicted molar refractivity (Wildman–Crippen MR) is 88.6 cm³/mol. The van der Waals surface area contributed by atoms with E-state index in [0.29, 0.717) is 5.65 Å². The number of aliphatic hydroxyl groups is 3. The minimum Gasteiger partial charge on any atom is -0.394 e. The lowest BCUT2D eigenvalue weighted by molar-refractivity contribution is -0.0508. The van der Waals surface area contributed by atoms with Gasteiger partial charge in [0.1, 0.15) is 30.3 Å². The number of aliphatic hydroxyl groups excluding tert-OH is 3. The number of thiophene rings is 1. The Kier molecular flexibility index (Phi) is 3.86. The van der Waals surface area contributed by atoms with E-state index in [-0.39, 0.29) is 6.61 Å². The van der Waals surface area contributed by atoms with Gasteiger partial charge in [-0.1, -0.05) is 0 Å². The van der Waals surface area contributed by atoms with Crippen molar-refractivity contribution in [2.45, 2.75) is 31.5 Å². The van der Waals surface area contributed by atoms with Crippen molar-refractivity contribution in [3.05, 3.63) is 35.0 Å². The summed E-state index contributed by atoms with van der Waals surface area (Å²) in [5.74, 6) is 0. The quantitative estimate of drug-likeness (QED) is 0.655. The zero-order valence-corrected chi connectivity index (χ0v) is 13.7. The second-order valence-electron chi connectivity index (χ2n) is 5.85. The van der Waals surface area contributed by atoms with Gasteiger partial charge >= 0.3 is 0 Å². The molecule has 4 rings (SSSR count). The molecule has 4 heterocycles. The molecule has 1 fully saturated rings. The number of ether oxygens (including phenoxy) is 1.